The molecule has 2 atom stereocenters. The molecular weight excluding hydrogens is 304 g/mol. The van der Waals surface area contributed by atoms with Crippen LogP contribution >= 0.6 is 0 Å². The number of hydrogen-bond donors (Lipinski definition) is 0. The Morgan fingerprint density at radius 1 is 1.17 bits per heavy atom. The summed E-state index contributed by atoms with van der Waals surface area (Å²) in [6.07, 6.45) is 3.73. The van der Waals surface area contributed by atoms with Crippen LogP contribution in [0.5, 0.6) is 0 Å². The minimum atomic E-state index is -0.0960. The molecule has 5 heteroatoms. The molecule has 1 aromatic rings. The van der Waals surface area contributed by atoms with Crippen molar-refractivity contribution < 1.29 is 14.0 Å². The molecular formula is C19H26N2O3. The van der Waals surface area contributed by atoms with Crippen LogP contribution < -0.4 is 0 Å². The van der Waals surface area contributed by atoms with Crippen molar-refractivity contribution >= 4 is 11.8 Å². The molecule has 2 heterocycles. The number of carbonyl (C=O) groups excluding carboxylic acids is 2. The smallest absolute Gasteiger partial charge is 0.289 e. The van der Waals surface area contributed by atoms with Gasteiger partial charge in [0.05, 0.1) is 12.2 Å². The lowest BCUT2D eigenvalue weighted by atomic mass is 10.1. The van der Waals surface area contributed by atoms with Crippen molar-refractivity contribution in [1.82, 2.24) is 9.80 Å². The Balaban J connectivity index is 1.58. The summed E-state index contributed by atoms with van der Waals surface area (Å²) >= 11 is 0. The second kappa shape index (κ2) is 6.11. The van der Waals surface area contributed by atoms with Crippen LogP contribution in [-0.4, -0.2) is 47.8 Å². The highest BCUT2D eigenvalue weighted by Crippen LogP contribution is 2.60. The van der Waals surface area contributed by atoms with Crippen LogP contribution in [0.2, 0.25) is 0 Å². The molecule has 0 bridgehead atoms. The van der Waals surface area contributed by atoms with E-state index >= 15 is 0 Å². The van der Waals surface area contributed by atoms with Crippen LogP contribution in [0, 0.1) is 17.3 Å². The van der Waals surface area contributed by atoms with Gasteiger partial charge in [0.2, 0.25) is 5.91 Å². The first-order valence-electron chi connectivity index (χ1n) is 8.59. The molecule has 1 aliphatic heterocycles. The third-order valence-corrected chi connectivity index (χ3v) is 5.30. The molecule has 5 nitrogen and oxygen atoms in total. The summed E-state index contributed by atoms with van der Waals surface area (Å²) in [6, 6.07) is 3.39. The minimum absolute atomic E-state index is 0.0372. The van der Waals surface area contributed by atoms with Gasteiger partial charge in [0.15, 0.2) is 5.76 Å². The molecule has 2 aliphatic rings. The molecule has 130 valence electrons. The van der Waals surface area contributed by atoms with E-state index in [1.165, 1.54) is 11.8 Å². The van der Waals surface area contributed by atoms with Crippen LogP contribution in [0.3, 0.4) is 0 Å². The fourth-order valence-corrected chi connectivity index (χ4v) is 3.70. The zero-order valence-electron chi connectivity index (χ0n) is 14.9. The number of rotatable bonds is 3. The summed E-state index contributed by atoms with van der Waals surface area (Å²) in [5.74, 6) is 0.896. The van der Waals surface area contributed by atoms with Crippen LogP contribution in [-0.2, 0) is 4.79 Å². The van der Waals surface area contributed by atoms with Crippen molar-refractivity contribution in [2.75, 3.05) is 26.2 Å². The van der Waals surface area contributed by atoms with Gasteiger partial charge in [-0.2, -0.15) is 0 Å². The van der Waals surface area contributed by atoms with E-state index in [1.54, 1.807) is 17.0 Å². The summed E-state index contributed by atoms with van der Waals surface area (Å²) in [4.78, 5) is 28.8. The summed E-state index contributed by atoms with van der Waals surface area (Å²) in [7, 11) is 0. The SMILES string of the molecule is CC(C)=CC1C(C(=O)N2CCN(C(=O)c3ccco3)CC2)C1(C)C. The number of amides is 2. The fourth-order valence-electron chi connectivity index (χ4n) is 3.70. The number of hydrogen-bond acceptors (Lipinski definition) is 3. The third kappa shape index (κ3) is 2.99. The molecule has 3 rings (SSSR count). The average molecular weight is 330 g/mol. The predicted octanol–water partition coefficient (Wildman–Crippen LogP) is 2.80. The lowest BCUT2D eigenvalue weighted by Gasteiger charge is -2.34. The van der Waals surface area contributed by atoms with Gasteiger partial charge in [0.1, 0.15) is 0 Å². The second-order valence-corrected chi connectivity index (χ2v) is 7.66. The second-order valence-electron chi connectivity index (χ2n) is 7.66. The van der Waals surface area contributed by atoms with Crippen molar-refractivity contribution in [3.05, 3.63) is 35.8 Å². The summed E-state index contributed by atoms with van der Waals surface area (Å²) in [6.45, 7) is 10.8. The van der Waals surface area contributed by atoms with Gasteiger partial charge < -0.3 is 14.2 Å². The van der Waals surface area contributed by atoms with Gasteiger partial charge in [-0.3, -0.25) is 9.59 Å². The molecule has 1 saturated heterocycles. The Kier molecular flexibility index (Phi) is 4.28. The highest BCUT2D eigenvalue weighted by atomic mass is 16.3. The van der Waals surface area contributed by atoms with Gasteiger partial charge in [-0.25, -0.2) is 0 Å². The van der Waals surface area contributed by atoms with Gasteiger partial charge in [-0.1, -0.05) is 25.5 Å². The summed E-state index contributed by atoms with van der Waals surface area (Å²) in [5.41, 5.74) is 1.30. The topological polar surface area (TPSA) is 53.8 Å². The molecule has 0 aromatic carbocycles. The summed E-state index contributed by atoms with van der Waals surface area (Å²) < 4.78 is 5.17. The van der Waals surface area contributed by atoms with Crippen LogP contribution in [0.1, 0.15) is 38.2 Å². The lowest BCUT2D eigenvalue weighted by Crippen LogP contribution is -2.51. The van der Waals surface area contributed by atoms with Crippen molar-refractivity contribution in [3.63, 3.8) is 0 Å². The largest absolute Gasteiger partial charge is 0.459 e. The monoisotopic (exact) mass is 330 g/mol. The maximum absolute atomic E-state index is 12.8. The molecule has 2 amide bonds. The molecule has 1 aromatic heterocycles. The highest BCUT2D eigenvalue weighted by Gasteiger charge is 2.61. The Hall–Kier alpha value is -2.04. The molecule has 1 saturated carbocycles. The van der Waals surface area contributed by atoms with Gasteiger partial charge in [-0.05, 0) is 37.3 Å². The fraction of sp³-hybridized carbons (Fsp3) is 0.579. The molecule has 2 fully saturated rings. The van der Waals surface area contributed by atoms with Gasteiger partial charge >= 0.3 is 0 Å². The van der Waals surface area contributed by atoms with Crippen molar-refractivity contribution in [1.29, 1.82) is 0 Å². The average Bonchev–Trinajstić information content (AvgIpc) is 2.94. The van der Waals surface area contributed by atoms with Gasteiger partial charge in [0, 0.05) is 26.2 Å². The number of nitrogens with zero attached hydrogens (tertiary/aromatic N) is 2. The zero-order chi connectivity index (χ0) is 17.5. The lowest BCUT2D eigenvalue weighted by molar-refractivity contribution is -0.135. The molecule has 0 radical (unpaired) electrons. The Morgan fingerprint density at radius 2 is 1.79 bits per heavy atom. The minimum Gasteiger partial charge on any atom is -0.459 e. The first kappa shape index (κ1) is 16.8. The van der Waals surface area contributed by atoms with Crippen LogP contribution in [0.4, 0.5) is 0 Å². The van der Waals surface area contributed by atoms with Gasteiger partial charge in [0.25, 0.3) is 5.91 Å². The van der Waals surface area contributed by atoms with E-state index in [4.69, 9.17) is 4.42 Å². The number of piperazine rings is 1. The molecule has 2 unspecified atom stereocenters. The molecule has 24 heavy (non-hydrogen) atoms. The van der Waals surface area contributed by atoms with Crippen molar-refractivity contribution in [3.8, 4) is 0 Å². The first-order chi connectivity index (χ1) is 11.3. The normalized spacial score (nSPS) is 25.3. The van der Waals surface area contributed by atoms with E-state index in [-0.39, 0.29) is 23.1 Å². The quantitative estimate of drug-likeness (QED) is 0.801. The Morgan fingerprint density at radius 3 is 2.33 bits per heavy atom. The van der Waals surface area contributed by atoms with E-state index in [9.17, 15) is 9.59 Å². The third-order valence-electron chi connectivity index (χ3n) is 5.30. The van der Waals surface area contributed by atoms with E-state index in [2.05, 4.69) is 33.8 Å². The Bertz CT molecular complexity index is 648. The number of furan rings is 1. The Labute approximate surface area is 143 Å². The number of allylic oxidation sites excluding steroid dienone is 2. The maximum Gasteiger partial charge on any atom is 0.289 e. The molecule has 1 aliphatic carbocycles. The van der Waals surface area contributed by atoms with Crippen molar-refractivity contribution in [2.24, 2.45) is 17.3 Å². The van der Waals surface area contributed by atoms with Crippen molar-refractivity contribution in [2.45, 2.75) is 27.7 Å². The number of carbonyl (C=O) groups is 2. The van der Waals surface area contributed by atoms with Crippen LogP contribution in [0.25, 0.3) is 0 Å². The first-order valence-corrected chi connectivity index (χ1v) is 8.59. The summed E-state index contributed by atoms with van der Waals surface area (Å²) in [5, 5.41) is 0. The van der Waals surface area contributed by atoms with E-state index in [1.807, 2.05) is 4.90 Å². The maximum atomic E-state index is 12.8. The molecule has 0 spiro atoms. The van der Waals surface area contributed by atoms with Crippen LogP contribution in [0.15, 0.2) is 34.5 Å². The van der Waals surface area contributed by atoms with E-state index < -0.39 is 0 Å². The standard InChI is InChI=1S/C19H26N2O3/c1-13(2)12-14-16(19(14,3)4)18(23)21-9-7-20(8-10-21)17(22)15-6-5-11-24-15/h5-6,11-12,14,16H,7-10H2,1-4H3. The van der Waals surface area contributed by atoms with E-state index in [0.717, 1.165) is 0 Å². The highest BCUT2D eigenvalue weighted by molar-refractivity contribution is 5.91. The zero-order valence-corrected chi connectivity index (χ0v) is 14.9. The molecule has 0 N–H and O–H groups in total. The van der Waals surface area contributed by atoms with E-state index in [0.29, 0.717) is 37.9 Å². The predicted molar refractivity (Wildman–Crippen MR) is 91.4 cm³/mol. The van der Waals surface area contributed by atoms with Gasteiger partial charge in [-0.15, -0.1) is 0 Å².